The normalized spacial score (nSPS) is 23.7. The molecule has 4 N–H and O–H groups in total. The van der Waals surface area contributed by atoms with Crippen LogP contribution in [0.4, 0.5) is 10.9 Å². The Morgan fingerprint density at radius 1 is 1.37 bits per heavy atom. The van der Waals surface area contributed by atoms with E-state index in [1.54, 1.807) is 7.05 Å². The summed E-state index contributed by atoms with van der Waals surface area (Å²) in [6.07, 6.45) is 5.76. The highest BCUT2D eigenvalue weighted by Gasteiger charge is 2.21. The molecule has 6 heteroatoms. The monoisotopic (exact) mass is 282 g/mol. The first kappa shape index (κ1) is 14.1. The Morgan fingerprint density at radius 2 is 2.16 bits per heavy atom. The van der Waals surface area contributed by atoms with Crippen molar-refractivity contribution < 1.29 is 4.79 Å². The topological polar surface area (TPSA) is 80.0 Å². The molecule has 0 bridgehead atoms. The van der Waals surface area contributed by atoms with E-state index in [9.17, 15) is 4.79 Å². The van der Waals surface area contributed by atoms with E-state index in [0.29, 0.717) is 15.8 Å². The van der Waals surface area contributed by atoms with Gasteiger partial charge < -0.3 is 16.4 Å². The first-order valence-corrected chi connectivity index (χ1v) is 7.66. The van der Waals surface area contributed by atoms with E-state index >= 15 is 0 Å². The lowest BCUT2D eigenvalue weighted by Crippen LogP contribution is -2.34. The van der Waals surface area contributed by atoms with Gasteiger partial charge in [0.05, 0.1) is 0 Å². The highest BCUT2D eigenvalue weighted by Crippen LogP contribution is 2.26. The first-order valence-electron chi connectivity index (χ1n) is 6.85. The van der Waals surface area contributed by atoms with Crippen LogP contribution in [0.2, 0.25) is 0 Å². The van der Waals surface area contributed by atoms with Gasteiger partial charge in [0, 0.05) is 13.1 Å². The van der Waals surface area contributed by atoms with Crippen molar-refractivity contribution in [2.75, 3.05) is 18.1 Å². The lowest BCUT2D eigenvalue weighted by molar-refractivity contribution is 0.0938. The number of nitrogen functional groups attached to an aromatic ring is 1. The summed E-state index contributed by atoms with van der Waals surface area (Å²) in [5.74, 6) is 0.996. The van der Waals surface area contributed by atoms with Gasteiger partial charge in [-0.15, -0.1) is 0 Å². The Kier molecular flexibility index (Phi) is 4.63. The number of hydrogen-bond acceptors (Lipinski definition) is 5. The molecular weight excluding hydrogens is 260 g/mol. The predicted octanol–water partition coefficient (Wildman–Crippen LogP) is 2.47. The van der Waals surface area contributed by atoms with Crippen molar-refractivity contribution >= 4 is 28.2 Å². The lowest BCUT2D eigenvalue weighted by atomic mass is 10.0. The Morgan fingerprint density at radius 3 is 2.84 bits per heavy atom. The standard InChI is InChI=1S/C13H22N4OS/c1-8-4-3-5-9(7-6-8)16-12(18)10-11(14)17-13(15-2)19-10/h8-9H,3-7,14H2,1-2H3,(H,15,17)(H,16,18). The molecule has 106 valence electrons. The van der Waals surface area contributed by atoms with Gasteiger partial charge in [-0.1, -0.05) is 31.1 Å². The molecule has 1 fully saturated rings. The van der Waals surface area contributed by atoms with Crippen LogP contribution in [0.3, 0.4) is 0 Å². The Labute approximate surface area is 118 Å². The fourth-order valence-corrected chi connectivity index (χ4v) is 3.23. The quantitative estimate of drug-likeness (QED) is 0.744. The second kappa shape index (κ2) is 6.23. The van der Waals surface area contributed by atoms with Crippen molar-refractivity contribution in [1.82, 2.24) is 10.3 Å². The van der Waals surface area contributed by atoms with Crippen LogP contribution in [-0.2, 0) is 0 Å². The highest BCUT2D eigenvalue weighted by atomic mass is 32.1. The number of nitrogens with one attached hydrogen (secondary N) is 2. The zero-order chi connectivity index (χ0) is 13.8. The molecule has 0 saturated heterocycles. The van der Waals surface area contributed by atoms with Crippen molar-refractivity contribution in [2.24, 2.45) is 5.92 Å². The van der Waals surface area contributed by atoms with Gasteiger partial charge in [-0.25, -0.2) is 4.98 Å². The summed E-state index contributed by atoms with van der Waals surface area (Å²) in [6, 6.07) is 0.275. The Balaban J connectivity index is 1.98. The van der Waals surface area contributed by atoms with Gasteiger partial charge in [-0.05, 0) is 25.2 Å². The molecule has 2 rings (SSSR count). The summed E-state index contributed by atoms with van der Waals surface area (Å²) in [7, 11) is 1.77. The smallest absolute Gasteiger partial charge is 0.265 e. The second-order valence-electron chi connectivity index (χ2n) is 5.27. The fourth-order valence-electron chi connectivity index (χ4n) is 2.48. The molecule has 2 unspecified atom stereocenters. The van der Waals surface area contributed by atoms with E-state index in [1.165, 1.54) is 30.6 Å². The minimum atomic E-state index is -0.0870. The van der Waals surface area contributed by atoms with E-state index in [0.717, 1.165) is 18.8 Å². The van der Waals surface area contributed by atoms with Crippen LogP contribution in [0.15, 0.2) is 0 Å². The van der Waals surface area contributed by atoms with Crippen LogP contribution in [-0.4, -0.2) is 24.0 Å². The summed E-state index contributed by atoms with van der Waals surface area (Å²) in [5.41, 5.74) is 5.77. The van der Waals surface area contributed by atoms with Crippen molar-refractivity contribution in [2.45, 2.75) is 45.1 Å². The lowest BCUT2D eigenvalue weighted by Gasteiger charge is -2.15. The molecule has 1 aromatic rings. The molecule has 19 heavy (non-hydrogen) atoms. The average Bonchev–Trinajstić information content (AvgIpc) is 2.65. The van der Waals surface area contributed by atoms with E-state index in [2.05, 4.69) is 22.5 Å². The summed E-state index contributed by atoms with van der Waals surface area (Å²) < 4.78 is 0. The van der Waals surface area contributed by atoms with Crippen LogP contribution in [0.1, 0.15) is 48.7 Å². The summed E-state index contributed by atoms with van der Waals surface area (Å²) in [6.45, 7) is 2.28. The third kappa shape index (κ3) is 3.59. The molecule has 1 aliphatic carbocycles. The van der Waals surface area contributed by atoms with Gasteiger partial charge in [-0.2, -0.15) is 0 Å². The van der Waals surface area contributed by atoms with Gasteiger partial charge >= 0.3 is 0 Å². The van der Waals surface area contributed by atoms with Gasteiger partial charge in [0.1, 0.15) is 10.7 Å². The summed E-state index contributed by atoms with van der Waals surface area (Å²) >= 11 is 1.30. The van der Waals surface area contributed by atoms with E-state index in [1.807, 2.05) is 0 Å². The van der Waals surface area contributed by atoms with E-state index in [4.69, 9.17) is 5.73 Å². The number of nitrogens with two attached hydrogens (primary N) is 1. The first-order chi connectivity index (χ1) is 9.10. The highest BCUT2D eigenvalue weighted by molar-refractivity contribution is 7.18. The number of hydrogen-bond donors (Lipinski definition) is 3. The van der Waals surface area contributed by atoms with Gasteiger partial charge in [0.2, 0.25) is 0 Å². The molecule has 1 heterocycles. The molecule has 0 aromatic carbocycles. The molecule has 0 spiro atoms. The molecule has 0 aliphatic heterocycles. The minimum Gasteiger partial charge on any atom is -0.382 e. The van der Waals surface area contributed by atoms with Crippen molar-refractivity contribution in [3.05, 3.63) is 4.88 Å². The van der Waals surface area contributed by atoms with Gasteiger partial charge in [-0.3, -0.25) is 4.79 Å². The molecule has 1 aliphatic rings. The van der Waals surface area contributed by atoms with Crippen LogP contribution < -0.4 is 16.4 Å². The molecule has 1 saturated carbocycles. The third-order valence-corrected chi connectivity index (χ3v) is 4.75. The largest absolute Gasteiger partial charge is 0.382 e. The van der Waals surface area contributed by atoms with Crippen LogP contribution in [0.25, 0.3) is 0 Å². The fraction of sp³-hybridized carbons (Fsp3) is 0.692. The predicted molar refractivity (Wildman–Crippen MR) is 79.6 cm³/mol. The SMILES string of the molecule is CNc1nc(N)c(C(=O)NC2CCCC(C)CC2)s1. The van der Waals surface area contributed by atoms with E-state index in [-0.39, 0.29) is 11.9 Å². The zero-order valence-corrected chi connectivity index (χ0v) is 12.3. The number of anilines is 2. The number of nitrogens with zero attached hydrogens (tertiary/aromatic N) is 1. The molecule has 0 radical (unpaired) electrons. The Hall–Kier alpha value is -1.30. The minimum absolute atomic E-state index is 0.0870. The molecule has 2 atom stereocenters. The second-order valence-corrected chi connectivity index (χ2v) is 6.27. The number of rotatable bonds is 3. The number of aromatic nitrogens is 1. The Bertz CT molecular complexity index is 446. The van der Waals surface area contributed by atoms with Crippen molar-refractivity contribution in [1.29, 1.82) is 0 Å². The van der Waals surface area contributed by atoms with Crippen molar-refractivity contribution in [3.63, 3.8) is 0 Å². The van der Waals surface area contributed by atoms with Gasteiger partial charge in [0.25, 0.3) is 5.91 Å². The third-order valence-electron chi connectivity index (χ3n) is 3.67. The average molecular weight is 282 g/mol. The van der Waals surface area contributed by atoms with Gasteiger partial charge in [0.15, 0.2) is 5.13 Å². The summed E-state index contributed by atoms with van der Waals surface area (Å²) in [5, 5.41) is 6.69. The molecular formula is C13H22N4OS. The van der Waals surface area contributed by atoms with Crippen LogP contribution in [0, 0.1) is 5.92 Å². The molecule has 5 nitrogen and oxygen atoms in total. The van der Waals surface area contributed by atoms with Crippen molar-refractivity contribution in [3.8, 4) is 0 Å². The molecule has 1 amide bonds. The van der Waals surface area contributed by atoms with Crippen LogP contribution >= 0.6 is 11.3 Å². The van der Waals surface area contributed by atoms with Crippen LogP contribution in [0.5, 0.6) is 0 Å². The maximum Gasteiger partial charge on any atom is 0.265 e. The number of carbonyl (C=O) groups is 1. The maximum atomic E-state index is 12.2. The number of carbonyl (C=O) groups excluding carboxylic acids is 1. The molecule has 1 aromatic heterocycles. The zero-order valence-electron chi connectivity index (χ0n) is 11.5. The maximum absolute atomic E-state index is 12.2. The summed E-state index contributed by atoms with van der Waals surface area (Å²) in [4.78, 5) is 16.8. The number of amides is 1. The number of thiazole rings is 1. The van der Waals surface area contributed by atoms with E-state index < -0.39 is 0 Å².